The van der Waals surface area contributed by atoms with Gasteiger partial charge in [0.05, 0.1) is 13.1 Å². The van der Waals surface area contributed by atoms with E-state index < -0.39 is 0 Å². The predicted molar refractivity (Wildman–Crippen MR) is 40.6 cm³/mol. The second-order valence-electron chi connectivity index (χ2n) is 4.99. The van der Waals surface area contributed by atoms with Crippen LogP contribution < -0.4 is 0 Å². The van der Waals surface area contributed by atoms with Crippen LogP contribution in [0.5, 0.6) is 0 Å². The quantitative estimate of drug-likeness (QED) is 0.379. The Balaban J connectivity index is 1.67. The molecule has 0 atom stereocenters. The Bertz CT molecular complexity index is 169. The van der Waals surface area contributed by atoms with Crippen LogP contribution in [0.3, 0.4) is 0 Å². The molecule has 1 spiro atoms. The smallest absolute Gasteiger partial charge is 0.129 e. The minimum Gasteiger partial charge on any atom is -0.314 e. The molecule has 0 bridgehead atoms. The standard InChI is InChI=1S/C9H16N/c1-10(4-5-10)8-6-9(7-8)2-3-9/h8H,2-7H2,1H3/q+1. The zero-order valence-electron chi connectivity index (χ0n) is 6.77. The van der Waals surface area contributed by atoms with Crippen molar-refractivity contribution in [3.63, 3.8) is 0 Å². The molecule has 0 aromatic carbocycles. The van der Waals surface area contributed by atoms with E-state index in [2.05, 4.69) is 7.05 Å². The van der Waals surface area contributed by atoms with E-state index in [4.69, 9.17) is 0 Å². The van der Waals surface area contributed by atoms with Gasteiger partial charge in [0.1, 0.15) is 13.1 Å². The third-order valence-electron chi connectivity index (χ3n) is 4.10. The number of hydrogen-bond acceptors (Lipinski definition) is 0. The minimum atomic E-state index is 0.925. The molecule has 0 radical (unpaired) electrons. The summed E-state index contributed by atoms with van der Waals surface area (Å²) >= 11 is 0. The fourth-order valence-corrected chi connectivity index (χ4v) is 2.49. The summed E-state index contributed by atoms with van der Waals surface area (Å²) in [4.78, 5) is 0. The Morgan fingerprint density at radius 3 is 2.20 bits per heavy atom. The van der Waals surface area contributed by atoms with Gasteiger partial charge in [0, 0.05) is 12.8 Å². The highest BCUT2D eigenvalue weighted by Gasteiger charge is 2.62. The van der Waals surface area contributed by atoms with Gasteiger partial charge in [-0.2, -0.15) is 0 Å². The van der Waals surface area contributed by atoms with Crippen molar-refractivity contribution in [3.8, 4) is 0 Å². The third kappa shape index (κ3) is 0.572. The fourth-order valence-electron chi connectivity index (χ4n) is 2.49. The lowest BCUT2D eigenvalue weighted by atomic mass is 9.76. The molecule has 2 aliphatic carbocycles. The molecule has 1 nitrogen and oxygen atoms in total. The first-order valence-electron chi connectivity index (χ1n) is 4.57. The van der Waals surface area contributed by atoms with E-state index in [0.717, 1.165) is 11.5 Å². The van der Waals surface area contributed by atoms with Gasteiger partial charge in [0.15, 0.2) is 0 Å². The highest BCUT2D eigenvalue weighted by Crippen LogP contribution is 2.63. The fraction of sp³-hybridized carbons (Fsp3) is 1.00. The molecule has 0 N–H and O–H groups in total. The zero-order chi connectivity index (χ0) is 6.82. The van der Waals surface area contributed by atoms with E-state index in [0.29, 0.717) is 0 Å². The molecular weight excluding hydrogens is 122 g/mol. The molecule has 1 heterocycles. The third-order valence-corrected chi connectivity index (χ3v) is 4.10. The molecule has 3 fully saturated rings. The number of quaternary nitrogens is 1. The van der Waals surface area contributed by atoms with Crippen LogP contribution in [-0.2, 0) is 0 Å². The Labute approximate surface area is 62.6 Å². The number of likely N-dealkylation sites (N-methyl/N-ethyl adjacent to an activating group) is 1. The van der Waals surface area contributed by atoms with Crippen LogP contribution in [0, 0.1) is 5.41 Å². The first kappa shape index (κ1) is 5.59. The average Bonchev–Trinajstić information content (AvgIpc) is 2.53. The maximum absolute atomic E-state index is 2.43. The van der Waals surface area contributed by atoms with Gasteiger partial charge in [-0.25, -0.2) is 0 Å². The largest absolute Gasteiger partial charge is 0.314 e. The molecule has 10 heavy (non-hydrogen) atoms. The van der Waals surface area contributed by atoms with Gasteiger partial charge in [0.25, 0.3) is 0 Å². The van der Waals surface area contributed by atoms with Crippen LogP contribution in [0.15, 0.2) is 0 Å². The monoisotopic (exact) mass is 138 g/mol. The maximum Gasteiger partial charge on any atom is 0.129 e. The van der Waals surface area contributed by atoms with Gasteiger partial charge in [-0.3, -0.25) is 0 Å². The normalized spacial score (nSPS) is 39.3. The summed E-state index contributed by atoms with van der Waals surface area (Å²) in [6.07, 6.45) is 6.26. The lowest BCUT2D eigenvalue weighted by Gasteiger charge is -2.39. The molecule has 56 valence electrons. The van der Waals surface area contributed by atoms with Crippen molar-refractivity contribution in [2.24, 2.45) is 5.41 Å². The molecule has 3 aliphatic rings. The molecule has 0 unspecified atom stereocenters. The highest BCUT2D eigenvalue weighted by atomic mass is 15.5. The minimum absolute atomic E-state index is 0.925. The number of rotatable bonds is 1. The summed E-state index contributed by atoms with van der Waals surface area (Å²) in [6, 6.07) is 1.09. The summed E-state index contributed by atoms with van der Waals surface area (Å²) in [5, 5.41) is 0. The predicted octanol–water partition coefficient (Wildman–Crippen LogP) is 1.39. The van der Waals surface area contributed by atoms with Crippen molar-refractivity contribution in [1.29, 1.82) is 0 Å². The van der Waals surface area contributed by atoms with Crippen LogP contribution >= 0.6 is 0 Å². The molecular formula is C9H16N+. The topological polar surface area (TPSA) is 0 Å². The Hall–Kier alpha value is -0.0400. The van der Waals surface area contributed by atoms with E-state index in [9.17, 15) is 0 Å². The Morgan fingerprint density at radius 2 is 1.80 bits per heavy atom. The van der Waals surface area contributed by atoms with Gasteiger partial charge >= 0.3 is 0 Å². The van der Waals surface area contributed by atoms with E-state index >= 15 is 0 Å². The zero-order valence-corrected chi connectivity index (χ0v) is 6.77. The van der Waals surface area contributed by atoms with Gasteiger partial charge in [-0.1, -0.05) is 0 Å². The first-order chi connectivity index (χ1) is 4.73. The van der Waals surface area contributed by atoms with Crippen LogP contribution in [0.1, 0.15) is 25.7 Å². The maximum atomic E-state index is 2.43. The summed E-state index contributed by atoms with van der Waals surface area (Å²) in [5.41, 5.74) is 0.925. The van der Waals surface area contributed by atoms with E-state index in [1.54, 1.807) is 25.7 Å². The van der Waals surface area contributed by atoms with E-state index in [1.165, 1.54) is 17.6 Å². The summed E-state index contributed by atoms with van der Waals surface area (Å²) in [6.45, 7) is 2.95. The van der Waals surface area contributed by atoms with Gasteiger partial charge in [-0.15, -0.1) is 0 Å². The number of hydrogen-bond donors (Lipinski definition) is 0. The van der Waals surface area contributed by atoms with Gasteiger partial charge in [0.2, 0.25) is 0 Å². The molecule has 0 amide bonds. The molecule has 2 saturated carbocycles. The summed E-state index contributed by atoms with van der Waals surface area (Å²) in [7, 11) is 2.43. The van der Waals surface area contributed by atoms with Crippen LogP contribution in [0.2, 0.25) is 0 Å². The van der Waals surface area contributed by atoms with Gasteiger partial charge < -0.3 is 4.48 Å². The summed E-state index contributed by atoms with van der Waals surface area (Å²) in [5.74, 6) is 0. The Kier molecular flexibility index (Phi) is 0.722. The van der Waals surface area contributed by atoms with Crippen molar-refractivity contribution in [3.05, 3.63) is 0 Å². The molecule has 1 heteroatoms. The Morgan fingerprint density at radius 1 is 1.20 bits per heavy atom. The van der Waals surface area contributed by atoms with Crippen molar-refractivity contribution in [1.82, 2.24) is 0 Å². The van der Waals surface area contributed by atoms with Crippen molar-refractivity contribution in [2.45, 2.75) is 31.7 Å². The van der Waals surface area contributed by atoms with E-state index in [1.807, 2.05) is 0 Å². The van der Waals surface area contributed by atoms with Crippen molar-refractivity contribution < 1.29 is 4.48 Å². The van der Waals surface area contributed by atoms with Gasteiger partial charge in [-0.05, 0) is 18.3 Å². The lowest BCUT2D eigenvalue weighted by molar-refractivity contribution is -0.816. The highest BCUT2D eigenvalue weighted by molar-refractivity contribution is 5.05. The number of nitrogens with zero attached hydrogens (tertiary/aromatic N) is 1. The van der Waals surface area contributed by atoms with Crippen molar-refractivity contribution in [2.75, 3.05) is 20.1 Å². The second kappa shape index (κ2) is 1.29. The second-order valence-corrected chi connectivity index (χ2v) is 4.99. The molecule has 0 aromatic rings. The average molecular weight is 138 g/mol. The van der Waals surface area contributed by atoms with Crippen LogP contribution in [0.4, 0.5) is 0 Å². The summed E-state index contributed by atoms with van der Waals surface area (Å²) < 4.78 is 1.43. The van der Waals surface area contributed by atoms with E-state index in [-0.39, 0.29) is 0 Å². The SMILES string of the molecule is C[N+]1(C2CC3(CC3)C2)CC1. The molecule has 1 saturated heterocycles. The lowest BCUT2D eigenvalue weighted by Crippen LogP contribution is -2.45. The van der Waals surface area contributed by atoms with Crippen molar-refractivity contribution >= 4 is 0 Å². The van der Waals surface area contributed by atoms with Crippen LogP contribution in [-0.4, -0.2) is 30.7 Å². The molecule has 3 rings (SSSR count). The van der Waals surface area contributed by atoms with Crippen LogP contribution in [0.25, 0.3) is 0 Å². The first-order valence-corrected chi connectivity index (χ1v) is 4.57. The molecule has 0 aromatic heterocycles. The molecule has 1 aliphatic heterocycles.